The van der Waals surface area contributed by atoms with Crippen LogP contribution in [0.2, 0.25) is 0 Å². The van der Waals surface area contributed by atoms with Gasteiger partial charge in [-0.25, -0.2) is 4.98 Å². The Hall–Kier alpha value is -1.95. The van der Waals surface area contributed by atoms with Gasteiger partial charge in [0.25, 0.3) is 5.56 Å². The summed E-state index contributed by atoms with van der Waals surface area (Å²) in [7, 11) is 3.44. The van der Waals surface area contributed by atoms with Crippen molar-refractivity contribution in [3.05, 3.63) is 34.6 Å². The zero-order chi connectivity index (χ0) is 12.3. The Morgan fingerprint density at radius 2 is 2.35 bits per heavy atom. The zero-order valence-corrected chi connectivity index (χ0v) is 9.80. The maximum absolute atomic E-state index is 11.5. The molecule has 0 atom stereocenters. The molecular formula is C11H14N4O2. The topological polar surface area (TPSA) is 72.8 Å². The lowest BCUT2D eigenvalue weighted by molar-refractivity contribution is 0.200. The molecule has 1 N–H and O–H groups in total. The smallest absolute Gasteiger partial charge is 0.251 e. The molecule has 0 unspecified atom stereocenters. The molecule has 0 aliphatic rings. The summed E-state index contributed by atoms with van der Waals surface area (Å²) in [4.78, 5) is 18.5. The van der Waals surface area contributed by atoms with Crippen LogP contribution in [0.4, 0.5) is 0 Å². The Kier molecular flexibility index (Phi) is 3.34. The average Bonchev–Trinajstić information content (AvgIpc) is 2.72. The second-order valence-corrected chi connectivity index (χ2v) is 3.72. The number of methoxy groups -OCH3 is 1. The van der Waals surface area contributed by atoms with Crippen LogP contribution >= 0.6 is 0 Å². The number of aromatic nitrogens is 4. The lowest BCUT2D eigenvalue weighted by Crippen LogP contribution is -2.12. The first kappa shape index (κ1) is 11.5. The Bertz CT molecular complexity index is 559. The number of aromatic amines is 1. The summed E-state index contributed by atoms with van der Waals surface area (Å²) in [5.74, 6) is 0.623. The summed E-state index contributed by atoms with van der Waals surface area (Å²) in [6.07, 6.45) is 4.09. The maximum atomic E-state index is 11.5. The Morgan fingerprint density at radius 1 is 1.53 bits per heavy atom. The van der Waals surface area contributed by atoms with Gasteiger partial charge in [-0.15, -0.1) is 0 Å². The van der Waals surface area contributed by atoms with E-state index in [0.717, 1.165) is 5.56 Å². The molecule has 6 heteroatoms. The molecule has 0 amide bonds. The molecule has 0 aromatic carbocycles. The van der Waals surface area contributed by atoms with Gasteiger partial charge >= 0.3 is 0 Å². The van der Waals surface area contributed by atoms with Gasteiger partial charge in [-0.05, 0) is 0 Å². The van der Waals surface area contributed by atoms with E-state index < -0.39 is 0 Å². The molecule has 0 spiro atoms. The van der Waals surface area contributed by atoms with Gasteiger partial charge in [-0.3, -0.25) is 9.48 Å². The molecular weight excluding hydrogens is 220 g/mol. The predicted molar refractivity (Wildman–Crippen MR) is 62.6 cm³/mol. The van der Waals surface area contributed by atoms with E-state index in [1.165, 1.54) is 6.07 Å². The summed E-state index contributed by atoms with van der Waals surface area (Å²) in [6.45, 7) is 0.527. The minimum Gasteiger partial charge on any atom is -0.384 e. The first-order valence-electron chi connectivity index (χ1n) is 5.27. The van der Waals surface area contributed by atoms with Crippen LogP contribution in [-0.4, -0.2) is 33.5 Å². The number of nitrogens with one attached hydrogen (secondary N) is 1. The molecule has 2 aromatic heterocycles. The number of hydrogen-bond acceptors (Lipinski definition) is 4. The van der Waals surface area contributed by atoms with E-state index in [-0.39, 0.29) is 5.56 Å². The van der Waals surface area contributed by atoms with Gasteiger partial charge in [-0.1, -0.05) is 0 Å². The fourth-order valence-corrected chi connectivity index (χ4v) is 1.53. The van der Waals surface area contributed by atoms with Gasteiger partial charge in [0.1, 0.15) is 5.82 Å². The molecule has 0 aliphatic heterocycles. The molecule has 0 saturated heterocycles. The third-order valence-electron chi connectivity index (χ3n) is 2.33. The van der Waals surface area contributed by atoms with Gasteiger partial charge in [-0.2, -0.15) is 5.10 Å². The SMILES string of the molecule is COCCc1nc(-c2cnn(C)c2)cc(=O)[nH]1. The van der Waals surface area contributed by atoms with Crippen molar-refractivity contribution in [2.75, 3.05) is 13.7 Å². The van der Waals surface area contributed by atoms with Crippen molar-refractivity contribution in [3.8, 4) is 11.3 Å². The highest BCUT2D eigenvalue weighted by Gasteiger charge is 2.05. The van der Waals surface area contributed by atoms with E-state index in [1.807, 2.05) is 13.2 Å². The number of H-pyrrole nitrogens is 1. The van der Waals surface area contributed by atoms with Crippen LogP contribution in [0.25, 0.3) is 11.3 Å². The summed E-state index contributed by atoms with van der Waals surface area (Å²) in [5, 5.41) is 4.05. The first-order chi connectivity index (χ1) is 8.19. The summed E-state index contributed by atoms with van der Waals surface area (Å²) < 4.78 is 6.63. The van der Waals surface area contributed by atoms with Gasteiger partial charge in [0.2, 0.25) is 0 Å². The fraction of sp³-hybridized carbons (Fsp3) is 0.364. The molecule has 90 valence electrons. The van der Waals surface area contributed by atoms with Crippen LogP contribution in [0.15, 0.2) is 23.3 Å². The molecule has 6 nitrogen and oxygen atoms in total. The summed E-state index contributed by atoms with van der Waals surface area (Å²) in [5.41, 5.74) is 1.30. The van der Waals surface area contributed by atoms with E-state index in [0.29, 0.717) is 24.5 Å². The molecule has 0 fully saturated rings. The van der Waals surface area contributed by atoms with Crippen molar-refractivity contribution >= 4 is 0 Å². The molecule has 0 bridgehead atoms. The van der Waals surface area contributed by atoms with Crippen LogP contribution in [0.5, 0.6) is 0 Å². The Balaban J connectivity index is 2.34. The molecule has 0 radical (unpaired) electrons. The summed E-state index contributed by atoms with van der Waals surface area (Å²) in [6, 6.07) is 1.47. The van der Waals surface area contributed by atoms with Crippen molar-refractivity contribution < 1.29 is 4.74 Å². The minimum atomic E-state index is -0.162. The summed E-state index contributed by atoms with van der Waals surface area (Å²) >= 11 is 0. The standard InChI is InChI=1S/C11H14N4O2/c1-15-7-8(6-12-15)9-5-11(16)14-10(13-9)3-4-17-2/h5-7H,3-4H2,1-2H3,(H,13,14,16). The van der Waals surface area contributed by atoms with Crippen molar-refractivity contribution in [2.24, 2.45) is 7.05 Å². The number of nitrogens with zero attached hydrogens (tertiary/aromatic N) is 3. The number of rotatable bonds is 4. The lowest BCUT2D eigenvalue weighted by Gasteiger charge is -2.02. The Morgan fingerprint density at radius 3 is 3.00 bits per heavy atom. The van der Waals surface area contributed by atoms with E-state index in [2.05, 4.69) is 15.1 Å². The van der Waals surface area contributed by atoms with Crippen LogP contribution in [-0.2, 0) is 18.2 Å². The monoisotopic (exact) mass is 234 g/mol. The molecule has 0 saturated carbocycles. The quantitative estimate of drug-likeness (QED) is 0.829. The average molecular weight is 234 g/mol. The van der Waals surface area contributed by atoms with E-state index >= 15 is 0 Å². The van der Waals surface area contributed by atoms with Gasteiger partial charge in [0.05, 0.1) is 18.5 Å². The van der Waals surface area contributed by atoms with Crippen LogP contribution in [0, 0.1) is 0 Å². The van der Waals surface area contributed by atoms with Crippen molar-refractivity contribution in [3.63, 3.8) is 0 Å². The second-order valence-electron chi connectivity index (χ2n) is 3.72. The second kappa shape index (κ2) is 4.92. The van der Waals surface area contributed by atoms with Crippen molar-refractivity contribution in [2.45, 2.75) is 6.42 Å². The highest BCUT2D eigenvalue weighted by Crippen LogP contribution is 2.13. The fourth-order valence-electron chi connectivity index (χ4n) is 1.53. The molecule has 2 aromatic rings. The van der Waals surface area contributed by atoms with Gasteiger partial charge < -0.3 is 9.72 Å². The molecule has 2 rings (SSSR count). The highest BCUT2D eigenvalue weighted by atomic mass is 16.5. The van der Waals surface area contributed by atoms with E-state index in [4.69, 9.17) is 4.74 Å². The number of hydrogen-bond donors (Lipinski definition) is 1. The van der Waals surface area contributed by atoms with Crippen LogP contribution in [0.1, 0.15) is 5.82 Å². The maximum Gasteiger partial charge on any atom is 0.251 e. The first-order valence-corrected chi connectivity index (χ1v) is 5.27. The minimum absolute atomic E-state index is 0.162. The highest BCUT2D eigenvalue weighted by molar-refractivity contribution is 5.56. The number of aryl methyl sites for hydroxylation is 1. The predicted octanol–water partition coefficient (Wildman–Crippen LogP) is 0.359. The number of ether oxygens (including phenoxy) is 1. The van der Waals surface area contributed by atoms with Gasteiger partial charge in [0.15, 0.2) is 0 Å². The van der Waals surface area contributed by atoms with Crippen molar-refractivity contribution in [1.82, 2.24) is 19.7 Å². The van der Waals surface area contributed by atoms with Crippen molar-refractivity contribution in [1.29, 1.82) is 0 Å². The molecule has 17 heavy (non-hydrogen) atoms. The van der Waals surface area contributed by atoms with Crippen LogP contribution < -0.4 is 5.56 Å². The van der Waals surface area contributed by atoms with E-state index in [9.17, 15) is 4.79 Å². The normalized spacial score (nSPS) is 10.7. The third-order valence-corrected chi connectivity index (χ3v) is 2.33. The lowest BCUT2D eigenvalue weighted by atomic mass is 10.2. The molecule has 2 heterocycles. The van der Waals surface area contributed by atoms with E-state index in [1.54, 1.807) is 18.0 Å². The zero-order valence-electron chi connectivity index (χ0n) is 9.80. The largest absolute Gasteiger partial charge is 0.384 e. The third kappa shape index (κ3) is 2.79. The van der Waals surface area contributed by atoms with Crippen LogP contribution in [0.3, 0.4) is 0 Å². The Labute approximate surface area is 98.3 Å². The van der Waals surface area contributed by atoms with Gasteiger partial charge in [0, 0.05) is 38.4 Å². The molecule has 0 aliphatic carbocycles.